The summed E-state index contributed by atoms with van der Waals surface area (Å²) in [5.74, 6) is 0. The van der Waals surface area contributed by atoms with Crippen LogP contribution in [0.15, 0.2) is 16.8 Å². The Labute approximate surface area is 85.7 Å². The van der Waals surface area contributed by atoms with Crippen LogP contribution in [0, 0.1) is 0 Å². The van der Waals surface area contributed by atoms with Gasteiger partial charge in [0.25, 0.3) is 0 Å². The number of hydrogen-bond acceptors (Lipinski definition) is 2. The topological polar surface area (TPSA) is 15.6 Å². The van der Waals surface area contributed by atoms with Gasteiger partial charge in [0.15, 0.2) is 0 Å². The number of nitrogens with zero attached hydrogens (tertiary/aromatic N) is 2. The largest absolute Gasteiger partial charge is 0.474 e. The summed E-state index contributed by atoms with van der Waals surface area (Å²) >= 11 is -2.21. The van der Waals surface area contributed by atoms with Crippen LogP contribution in [0.2, 0.25) is 0 Å². The molecule has 3 heteroatoms. The van der Waals surface area contributed by atoms with Crippen molar-refractivity contribution in [1.82, 2.24) is 3.88 Å². The van der Waals surface area contributed by atoms with E-state index in [4.69, 9.17) is 1.88 Å². The van der Waals surface area contributed by atoms with Crippen molar-refractivity contribution in [2.24, 2.45) is 4.99 Å². The van der Waals surface area contributed by atoms with Crippen molar-refractivity contribution < 1.29 is 0 Å². The molecule has 0 aromatic heterocycles. The van der Waals surface area contributed by atoms with Crippen molar-refractivity contribution in [3.05, 3.63) is 11.8 Å². The van der Waals surface area contributed by atoms with E-state index in [0.717, 1.165) is 24.3 Å². The van der Waals surface area contributed by atoms with E-state index in [9.17, 15) is 0 Å². The lowest BCUT2D eigenvalue weighted by atomic mass is 10.2. The fourth-order valence-electron chi connectivity index (χ4n) is 0.970. The lowest BCUT2D eigenvalue weighted by Crippen LogP contribution is -2.13. The van der Waals surface area contributed by atoms with Gasteiger partial charge in [0.1, 0.15) is 0 Å². The maximum absolute atomic E-state index is 7.43. The molecule has 0 unspecified atom stereocenters. The van der Waals surface area contributed by atoms with Gasteiger partial charge in [-0.05, 0) is 33.5 Å². The molecule has 0 rings (SSSR count). The van der Waals surface area contributed by atoms with Gasteiger partial charge in [-0.2, -0.15) is 0 Å². The quantitative estimate of drug-likeness (QED) is 0.463. The van der Waals surface area contributed by atoms with E-state index in [0.29, 0.717) is 0 Å². The van der Waals surface area contributed by atoms with Crippen LogP contribution < -0.4 is 0 Å². The van der Waals surface area contributed by atoms with Crippen molar-refractivity contribution in [2.45, 2.75) is 26.7 Å². The smallest absolute Gasteiger partial charge is 0.363 e. The fraction of sp³-hybridized carbons (Fsp3) is 0.667. The first-order valence-corrected chi connectivity index (χ1v) is 4.81. The Morgan fingerprint density at radius 3 is 2.58 bits per heavy atom. The normalized spacial score (nSPS) is 15.3. The Bertz CT molecular complexity index is 227. The van der Waals surface area contributed by atoms with Crippen LogP contribution in [-0.2, 0) is 0 Å². The summed E-state index contributed by atoms with van der Waals surface area (Å²) in [6.45, 7) is 4.10. The van der Waals surface area contributed by atoms with E-state index in [1.807, 2.05) is 20.0 Å². The average Bonchev–Trinajstić information content (AvgIpc) is 2.19. The second kappa shape index (κ2) is 6.28. The Morgan fingerprint density at radius 1 is 1.58 bits per heavy atom. The Morgan fingerprint density at radius 2 is 2.25 bits per heavy atom. The van der Waals surface area contributed by atoms with Gasteiger partial charge in [-0.1, -0.05) is 13.8 Å². The molecular weight excluding hydrogens is 163 g/mol. The highest BCUT2D eigenvalue weighted by Gasteiger charge is 1.97. The molecule has 0 aromatic carbocycles. The van der Waals surface area contributed by atoms with Gasteiger partial charge >= 0.3 is 16.2 Å². The minimum absolute atomic E-state index is 0.858. The monoisotopic (exact) mass is 184 g/mol. The molecule has 0 spiro atoms. The van der Waals surface area contributed by atoms with Gasteiger partial charge in [-0.15, -0.1) is 0 Å². The second-order valence-corrected chi connectivity index (χ2v) is 3.44. The third kappa shape index (κ3) is 3.94. The molecular formula is C9H19AlN2. The maximum atomic E-state index is 7.43. The van der Waals surface area contributed by atoms with Crippen molar-refractivity contribution in [3.8, 4) is 0 Å². The van der Waals surface area contributed by atoms with Crippen molar-refractivity contribution in [1.29, 1.82) is 1.88 Å². The van der Waals surface area contributed by atoms with Crippen LogP contribution >= 0.6 is 0 Å². The van der Waals surface area contributed by atoms with E-state index in [-0.39, 0.29) is 0 Å². The standard InChI is InChI=1S/C9H17N2.Al.2H/c1-5-8(10-3)7-9(6-2)11-4;;;/h7H,5-6H2,1-4H3;;;/q-1;+1;;/b8-7-,11-9?;;;/i;;2*1+1. The van der Waals surface area contributed by atoms with E-state index in [2.05, 4.69) is 11.9 Å². The van der Waals surface area contributed by atoms with Gasteiger partial charge in [-0.3, -0.25) is 4.99 Å². The highest BCUT2D eigenvalue weighted by Crippen LogP contribution is 2.04. The molecule has 0 heterocycles. The van der Waals surface area contributed by atoms with Gasteiger partial charge in [0, 0.05) is 12.8 Å². The van der Waals surface area contributed by atoms with Crippen molar-refractivity contribution >= 4 is 21.9 Å². The lowest BCUT2D eigenvalue weighted by Gasteiger charge is -2.17. The van der Waals surface area contributed by atoms with Crippen LogP contribution in [0.4, 0.5) is 0 Å². The number of rotatable bonds is 5. The Balaban J connectivity index is 4.70. The summed E-state index contributed by atoms with van der Waals surface area (Å²) in [4.78, 5) is 4.14. The van der Waals surface area contributed by atoms with E-state index in [1.54, 1.807) is 10.9 Å². The molecule has 0 aliphatic rings. The van der Waals surface area contributed by atoms with Crippen LogP contribution in [0.1, 0.15) is 26.7 Å². The van der Waals surface area contributed by atoms with Gasteiger partial charge < -0.3 is 3.88 Å². The summed E-state index contributed by atoms with van der Waals surface area (Å²) in [6.07, 6.45) is 3.76. The SMILES string of the molecule is [2H][Al]([2H])[N](C)/C(=C\C(CC)=NC)CC. The third-order valence-corrected chi connectivity index (χ3v) is 2.13. The zero-order chi connectivity index (χ0) is 11.1. The molecule has 0 aromatic rings. The van der Waals surface area contributed by atoms with Crippen LogP contribution in [0.25, 0.3) is 0 Å². The van der Waals surface area contributed by atoms with Gasteiger partial charge in [0.2, 0.25) is 0 Å². The summed E-state index contributed by atoms with van der Waals surface area (Å²) < 4.78 is 16.6. The molecule has 0 fully saturated rings. The first-order chi connectivity index (χ1) is 6.56. The summed E-state index contributed by atoms with van der Waals surface area (Å²) in [5, 5.41) is 0. The van der Waals surface area contributed by atoms with Crippen molar-refractivity contribution in [3.63, 3.8) is 0 Å². The minimum atomic E-state index is -2.21. The average molecular weight is 184 g/mol. The molecule has 0 aliphatic carbocycles. The first-order valence-electron chi connectivity index (χ1n) is 5.45. The van der Waals surface area contributed by atoms with Crippen molar-refractivity contribution in [2.75, 3.05) is 14.1 Å². The predicted molar refractivity (Wildman–Crippen MR) is 58.3 cm³/mol. The third-order valence-electron chi connectivity index (χ3n) is 1.80. The summed E-state index contributed by atoms with van der Waals surface area (Å²) in [6, 6.07) is 0. The van der Waals surface area contributed by atoms with Gasteiger partial charge in [0.05, 0.1) is 0 Å². The molecule has 0 atom stereocenters. The van der Waals surface area contributed by atoms with Gasteiger partial charge in [-0.25, -0.2) is 0 Å². The molecule has 0 radical (unpaired) electrons. The summed E-state index contributed by atoms with van der Waals surface area (Å²) in [7, 11) is 3.61. The zero-order valence-electron chi connectivity index (χ0n) is 10.5. The molecule has 68 valence electrons. The lowest BCUT2D eigenvalue weighted by molar-refractivity contribution is 0.647. The molecule has 12 heavy (non-hydrogen) atoms. The fourth-order valence-corrected chi connectivity index (χ4v) is 1.23. The Hall–Kier alpha value is -0.258. The number of allylic oxidation sites excluding steroid dienone is 2. The molecule has 0 saturated heterocycles. The first kappa shape index (κ1) is 8.35. The van der Waals surface area contributed by atoms with Crippen LogP contribution in [0.3, 0.4) is 0 Å². The molecule has 2 nitrogen and oxygen atoms in total. The molecule has 0 bridgehead atoms. The van der Waals surface area contributed by atoms with E-state index >= 15 is 0 Å². The van der Waals surface area contributed by atoms with E-state index < -0.39 is 16.2 Å². The maximum Gasteiger partial charge on any atom is 0.363 e. The molecule has 0 amide bonds. The second-order valence-electron chi connectivity index (χ2n) is 2.67. The highest BCUT2D eigenvalue weighted by atomic mass is 27.1. The summed E-state index contributed by atoms with van der Waals surface area (Å²) in [5.41, 5.74) is 2.08. The molecule has 0 saturated carbocycles. The number of aliphatic imine (C=N–C) groups is 1. The molecule has 0 aliphatic heterocycles. The number of hydrogen-bond donors (Lipinski definition) is 0. The highest BCUT2D eigenvalue weighted by molar-refractivity contribution is 6.06. The van der Waals surface area contributed by atoms with Crippen LogP contribution in [-0.4, -0.2) is 41.8 Å². The Kier molecular flexibility index (Phi) is 4.37. The predicted octanol–water partition coefficient (Wildman–Crippen LogP) is 1.24. The van der Waals surface area contributed by atoms with E-state index in [1.165, 1.54) is 0 Å². The molecule has 0 N–H and O–H groups in total. The zero-order valence-corrected chi connectivity index (χ0v) is 9.62. The minimum Gasteiger partial charge on any atom is -0.474 e. The van der Waals surface area contributed by atoms with Crippen LogP contribution in [0.5, 0.6) is 0 Å².